The third kappa shape index (κ3) is 2.30. The molecule has 0 aromatic heterocycles. The molecule has 78 valence electrons. The molecule has 0 fully saturated rings. The maximum atomic E-state index is 13.4. The van der Waals surface area contributed by atoms with Gasteiger partial charge in [0.2, 0.25) is 0 Å². The monoisotopic (exact) mass is 196 g/mol. The van der Waals surface area contributed by atoms with Crippen molar-refractivity contribution < 1.29 is 4.39 Å². The van der Waals surface area contributed by atoms with Crippen LogP contribution in [0, 0.1) is 5.82 Å². The summed E-state index contributed by atoms with van der Waals surface area (Å²) >= 11 is 0. The van der Waals surface area contributed by atoms with Crippen LogP contribution in [-0.2, 0) is 6.54 Å². The van der Waals surface area contributed by atoms with Crippen molar-refractivity contribution in [1.29, 1.82) is 0 Å². The van der Waals surface area contributed by atoms with Gasteiger partial charge in [0.25, 0.3) is 0 Å². The molecule has 1 atom stereocenters. The second-order valence-corrected chi connectivity index (χ2v) is 3.70. The number of halogens is 1. The van der Waals surface area contributed by atoms with Gasteiger partial charge in [0.1, 0.15) is 5.82 Å². The molecule has 0 aliphatic heterocycles. The quantitative estimate of drug-likeness (QED) is 0.800. The van der Waals surface area contributed by atoms with E-state index >= 15 is 0 Å². The van der Waals surface area contributed by atoms with Crippen LogP contribution in [0.1, 0.15) is 24.1 Å². The summed E-state index contributed by atoms with van der Waals surface area (Å²) in [5, 5.41) is 0. The highest BCUT2D eigenvalue weighted by molar-refractivity contribution is 5.27. The number of hydrogen-bond donors (Lipinski definition) is 1. The van der Waals surface area contributed by atoms with E-state index in [2.05, 4.69) is 0 Å². The van der Waals surface area contributed by atoms with Crippen molar-refractivity contribution in [3.05, 3.63) is 35.1 Å². The molecule has 3 heteroatoms. The van der Waals surface area contributed by atoms with Crippen molar-refractivity contribution in [2.24, 2.45) is 5.73 Å². The van der Waals surface area contributed by atoms with Crippen LogP contribution in [0.15, 0.2) is 18.2 Å². The van der Waals surface area contributed by atoms with Gasteiger partial charge >= 0.3 is 0 Å². The van der Waals surface area contributed by atoms with Crippen molar-refractivity contribution in [3.63, 3.8) is 0 Å². The van der Waals surface area contributed by atoms with Gasteiger partial charge in [0, 0.05) is 18.2 Å². The molecule has 0 saturated heterocycles. The molecule has 0 heterocycles. The van der Waals surface area contributed by atoms with Crippen molar-refractivity contribution in [2.45, 2.75) is 19.5 Å². The minimum Gasteiger partial charge on any atom is -0.326 e. The predicted molar refractivity (Wildman–Crippen MR) is 56.4 cm³/mol. The minimum atomic E-state index is -0.164. The zero-order chi connectivity index (χ0) is 10.7. The molecule has 0 aliphatic carbocycles. The smallest absolute Gasteiger partial charge is 0.127 e. The summed E-state index contributed by atoms with van der Waals surface area (Å²) in [7, 11) is 3.86. The van der Waals surface area contributed by atoms with Crippen molar-refractivity contribution >= 4 is 0 Å². The summed E-state index contributed by atoms with van der Waals surface area (Å²) < 4.78 is 13.4. The standard InChI is InChI=1S/C11H17FN2/c1-8(14(2)3)10-6-9(7-13)4-5-11(10)12/h4-6,8H,7,13H2,1-3H3. The van der Waals surface area contributed by atoms with Crippen molar-refractivity contribution in [1.82, 2.24) is 4.90 Å². The summed E-state index contributed by atoms with van der Waals surface area (Å²) in [5.74, 6) is -0.164. The second kappa shape index (κ2) is 4.53. The largest absolute Gasteiger partial charge is 0.326 e. The van der Waals surface area contributed by atoms with Gasteiger partial charge in [-0.2, -0.15) is 0 Å². The molecular formula is C11H17FN2. The molecule has 0 saturated carbocycles. The van der Waals surface area contributed by atoms with Crippen molar-refractivity contribution in [3.8, 4) is 0 Å². The van der Waals surface area contributed by atoms with Gasteiger partial charge in [-0.1, -0.05) is 12.1 Å². The first kappa shape index (κ1) is 11.1. The van der Waals surface area contributed by atoms with Crippen LogP contribution < -0.4 is 5.73 Å². The Balaban J connectivity index is 3.05. The SMILES string of the molecule is CC(c1cc(CN)ccc1F)N(C)C. The molecule has 0 amide bonds. The highest BCUT2D eigenvalue weighted by atomic mass is 19.1. The van der Waals surface area contributed by atoms with Gasteiger partial charge in [0.15, 0.2) is 0 Å². The molecule has 0 bridgehead atoms. The second-order valence-electron chi connectivity index (χ2n) is 3.70. The van der Waals surface area contributed by atoms with Gasteiger partial charge in [-0.15, -0.1) is 0 Å². The van der Waals surface area contributed by atoms with E-state index in [0.717, 1.165) is 5.56 Å². The molecule has 2 nitrogen and oxygen atoms in total. The Kier molecular flexibility index (Phi) is 3.61. The zero-order valence-corrected chi connectivity index (χ0v) is 8.92. The van der Waals surface area contributed by atoms with E-state index in [1.54, 1.807) is 6.07 Å². The minimum absolute atomic E-state index is 0.0708. The third-order valence-electron chi connectivity index (χ3n) is 2.52. The number of nitrogens with two attached hydrogens (primary N) is 1. The van der Waals surface area contributed by atoms with Crippen LogP contribution in [-0.4, -0.2) is 19.0 Å². The zero-order valence-electron chi connectivity index (χ0n) is 8.92. The van der Waals surface area contributed by atoms with Crippen LogP contribution in [0.3, 0.4) is 0 Å². The van der Waals surface area contributed by atoms with E-state index < -0.39 is 0 Å². The molecule has 1 unspecified atom stereocenters. The lowest BCUT2D eigenvalue weighted by Gasteiger charge is -2.21. The molecule has 1 aromatic carbocycles. The molecular weight excluding hydrogens is 179 g/mol. The van der Waals surface area contributed by atoms with E-state index in [9.17, 15) is 4.39 Å². The Bertz CT molecular complexity index is 310. The average Bonchev–Trinajstić information content (AvgIpc) is 2.17. The first-order valence-corrected chi connectivity index (χ1v) is 4.71. The highest BCUT2D eigenvalue weighted by Gasteiger charge is 2.12. The van der Waals surface area contributed by atoms with Gasteiger partial charge in [-0.3, -0.25) is 0 Å². The normalized spacial score (nSPS) is 13.3. The Hall–Kier alpha value is -0.930. The topological polar surface area (TPSA) is 29.3 Å². The summed E-state index contributed by atoms with van der Waals surface area (Å²) in [6, 6.07) is 5.11. The summed E-state index contributed by atoms with van der Waals surface area (Å²) in [6.45, 7) is 2.42. The van der Waals surface area contributed by atoms with Crippen LogP contribution in [0.25, 0.3) is 0 Å². The lowest BCUT2D eigenvalue weighted by Crippen LogP contribution is -2.18. The molecule has 0 radical (unpaired) electrons. The highest BCUT2D eigenvalue weighted by Crippen LogP contribution is 2.21. The van der Waals surface area contributed by atoms with Crippen LogP contribution in [0.4, 0.5) is 4.39 Å². The fraction of sp³-hybridized carbons (Fsp3) is 0.455. The summed E-state index contributed by atoms with van der Waals surface area (Å²) in [6.07, 6.45) is 0. The van der Waals surface area contributed by atoms with E-state index in [-0.39, 0.29) is 11.9 Å². The van der Waals surface area contributed by atoms with Crippen LogP contribution in [0.2, 0.25) is 0 Å². The first-order chi connectivity index (χ1) is 6.56. The van der Waals surface area contributed by atoms with E-state index in [0.29, 0.717) is 12.1 Å². The Labute approximate surface area is 84.5 Å². The molecule has 1 rings (SSSR count). The summed E-state index contributed by atoms with van der Waals surface area (Å²) in [5.41, 5.74) is 7.18. The number of nitrogens with zero attached hydrogens (tertiary/aromatic N) is 1. The fourth-order valence-corrected chi connectivity index (χ4v) is 1.32. The maximum Gasteiger partial charge on any atom is 0.127 e. The van der Waals surface area contributed by atoms with Gasteiger partial charge in [-0.05, 0) is 32.6 Å². The van der Waals surface area contributed by atoms with E-state index in [1.165, 1.54) is 6.07 Å². The molecule has 14 heavy (non-hydrogen) atoms. The van der Waals surface area contributed by atoms with Gasteiger partial charge in [0.05, 0.1) is 0 Å². The number of rotatable bonds is 3. The van der Waals surface area contributed by atoms with Crippen LogP contribution >= 0.6 is 0 Å². The Morgan fingerprint density at radius 2 is 2.07 bits per heavy atom. The Morgan fingerprint density at radius 1 is 1.43 bits per heavy atom. The van der Waals surface area contributed by atoms with E-state index in [4.69, 9.17) is 5.73 Å². The first-order valence-electron chi connectivity index (χ1n) is 4.71. The summed E-state index contributed by atoms with van der Waals surface area (Å²) in [4.78, 5) is 1.97. The third-order valence-corrected chi connectivity index (χ3v) is 2.52. The Morgan fingerprint density at radius 3 is 2.57 bits per heavy atom. The van der Waals surface area contributed by atoms with E-state index in [1.807, 2.05) is 32.0 Å². The number of hydrogen-bond acceptors (Lipinski definition) is 2. The fourth-order valence-electron chi connectivity index (χ4n) is 1.32. The lowest BCUT2D eigenvalue weighted by molar-refractivity contribution is 0.313. The lowest BCUT2D eigenvalue weighted by atomic mass is 10.0. The number of benzene rings is 1. The van der Waals surface area contributed by atoms with Gasteiger partial charge in [-0.25, -0.2) is 4.39 Å². The molecule has 0 aliphatic rings. The molecule has 2 N–H and O–H groups in total. The average molecular weight is 196 g/mol. The molecule has 0 spiro atoms. The predicted octanol–water partition coefficient (Wildman–Crippen LogP) is 1.91. The van der Waals surface area contributed by atoms with Crippen LogP contribution in [0.5, 0.6) is 0 Å². The molecule has 1 aromatic rings. The van der Waals surface area contributed by atoms with Crippen molar-refractivity contribution in [2.75, 3.05) is 14.1 Å². The maximum absolute atomic E-state index is 13.4. The van der Waals surface area contributed by atoms with Gasteiger partial charge < -0.3 is 10.6 Å².